The lowest BCUT2D eigenvalue weighted by Crippen LogP contribution is -2.43. The third-order valence-corrected chi connectivity index (χ3v) is 3.42. The van der Waals surface area contributed by atoms with E-state index in [9.17, 15) is 14.7 Å². The predicted molar refractivity (Wildman–Crippen MR) is 75.1 cm³/mol. The first-order valence-electron chi connectivity index (χ1n) is 7.16. The number of aliphatic hydroxyl groups is 1. The largest absolute Gasteiger partial charge is 0.393 e. The van der Waals surface area contributed by atoms with Crippen LogP contribution in [-0.4, -0.2) is 48.8 Å². The van der Waals surface area contributed by atoms with Gasteiger partial charge in [0, 0.05) is 19.7 Å². The summed E-state index contributed by atoms with van der Waals surface area (Å²) >= 11 is 0. The van der Waals surface area contributed by atoms with Crippen LogP contribution in [0.3, 0.4) is 0 Å². The van der Waals surface area contributed by atoms with E-state index in [0.29, 0.717) is 13.0 Å². The van der Waals surface area contributed by atoms with E-state index in [2.05, 4.69) is 10.6 Å². The zero-order valence-corrected chi connectivity index (χ0v) is 12.6. The van der Waals surface area contributed by atoms with Crippen LogP contribution in [-0.2, 0) is 14.3 Å². The van der Waals surface area contributed by atoms with Gasteiger partial charge in [-0.1, -0.05) is 20.8 Å². The molecule has 1 fully saturated rings. The molecule has 6 heteroatoms. The smallest absolute Gasteiger partial charge is 0.309 e. The molecule has 0 unspecified atom stereocenters. The van der Waals surface area contributed by atoms with E-state index >= 15 is 0 Å². The standard InChI is InChI=1S/C14H26N2O4/c1-14(2,3)11(17)6-7-15-12(18)13(19)16-9-10-5-4-8-20-10/h10-11,17H,4-9H2,1-3H3,(H,15,18)(H,16,19)/t10-,11+/m1/s1. The molecule has 0 aromatic carbocycles. The van der Waals surface area contributed by atoms with Crippen molar-refractivity contribution in [3.05, 3.63) is 0 Å². The van der Waals surface area contributed by atoms with Crippen LogP contribution in [0, 0.1) is 5.41 Å². The topological polar surface area (TPSA) is 87.7 Å². The van der Waals surface area contributed by atoms with Gasteiger partial charge in [-0.3, -0.25) is 9.59 Å². The van der Waals surface area contributed by atoms with Gasteiger partial charge in [0.2, 0.25) is 0 Å². The highest BCUT2D eigenvalue weighted by molar-refractivity contribution is 6.35. The van der Waals surface area contributed by atoms with Gasteiger partial charge in [-0.2, -0.15) is 0 Å². The molecule has 116 valence electrons. The summed E-state index contributed by atoms with van der Waals surface area (Å²) in [5, 5.41) is 14.9. The third-order valence-electron chi connectivity index (χ3n) is 3.42. The molecule has 0 aromatic heterocycles. The summed E-state index contributed by atoms with van der Waals surface area (Å²) in [5.41, 5.74) is -0.229. The van der Waals surface area contributed by atoms with Gasteiger partial charge in [0.05, 0.1) is 12.2 Å². The van der Waals surface area contributed by atoms with Crippen LogP contribution in [0.1, 0.15) is 40.0 Å². The summed E-state index contributed by atoms with van der Waals surface area (Å²) in [6.07, 6.45) is 1.85. The van der Waals surface area contributed by atoms with Crippen LogP contribution in [0.2, 0.25) is 0 Å². The lowest BCUT2D eigenvalue weighted by Gasteiger charge is -2.25. The summed E-state index contributed by atoms with van der Waals surface area (Å²) in [6.45, 7) is 7.15. The highest BCUT2D eigenvalue weighted by atomic mass is 16.5. The third kappa shape index (κ3) is 5.88. The van der Waals surface area contributed by atoms with Gasteiger partial charge in [0.15, 0.2) is 0 Å². The maximum absolute atomic E-state index is 11.5. The molecular formula is C14H26N2O4. The van der Waals surface area contributed by atoms with E-state index in [4.69, 9.17) is 4.74 Å². The summed E-state index contributed by atoms with van der Waals surface area (Å²) in [7, 11) is 0. The number of hydrogen-bond acceptors (Lipinski definition) is 4. The van der Waals surface area contributed by atoms with E-state index in [0.717, 1.165) is 19.4 Å². The fourth-order valence-corrected chi connectivity index (χ4v) is 1.93. The fourth-order valence-electron chi connectivity index (χ4n) is 1.93. The molecule has 6 nitrogen and oxygen atoms in total. The zero-order chi connectivity index (χ0) is 15.2. The second-order valence-electron chi connectivity index (χ2n) is 6.27. The minimum Gasteiger partial charge on any atom is -0.393 e. The lowest BCUT2D eigenvalue weighted by molar-refractivity contribution is -0.139. The van der Waals surface area contributed by atoms with Gasteiger partial charge in [-0.25, -0.2) is 0 Å². The summed E-state index contributed by atoms with van der Waals surface area (Å²) < 4.78 is 5.35. The number of carbonyl (C=O) groups excluding carboxylic acids is 2. The Labute approximate surface area is 120 Å². The molecule has 1 aliphatic rings. The van der Waals surface area contributed by atoms with Crippen LogP contribution in [0.15, 0.2) is 0 Å². The molecule has 0 radical (unpaired) electrons. The number of ether oxygens (including phenoxy) is 1. The molecule has 0 saturated carbocycles. The highest BCUT2D eigenvalue weighted by Crippen LogP contribution is 2.20. The minimum absolute atomic E-state index is 0.0227. The Bertz CT molecular complexity index is 333. The molecule has 1 saturated heterocycles. The molecule has 0 aliphatic carbocycles. The Morgan fingerprint density at radius 3 is 2.50 bits per heavy atom. The van der Waals surface area contributed by atoms with Crippen molar-refractivity contribution in [2.75, 3.05) is 19.7 Å². The van der Waals surface area contributed by atoms with Gasteiger partial charge in [-0.15, -0.1) is 0 Å². The molecule has 1 aliphatic heterocycles. The first-order valence-corrected chi connectivity index (χ1v) is 7.16. The molecule has 0 bridgehead atoms. The molecule has 0 aromatic rings. The van der Waals surface area contributed by atoms with Crippen molar-refractivity contribution in [3.8, 4) is 0 Å². The SMILES string of the molecule is CC(C)(C)[C@@H](O)CCNC(=O)C(=O)NC[C@H]1CCCO1. The van der Waals surface area contributed by atoms with Gasteiger partial charge in [0.25, 0.3) is 0 Å². The summed E-state index contributed by atoms with van der Waals surface area (Å²) in [5.74, 6) is -1.31. The number of aliphatic hydroxyl groups excluding tert-OH is 1. The van der Waals surface area contributed by atoms with Crippen molar-refractivity contribution >= 4 is 11.8 Å². The van der Waals surface area contributed by atoms with E-state index in [1.165, 1.54) is 0 Å². The molecule has 1 rings (SSSR count). The molecular weight excluding hydrogens is 260 g/mol. The van der Waals surface area contributed by atoms with E-state index < -0.39 is 17.9 Å². The predicted octanol–water partition coefficient (Wildman–Crippen LogP) is 0.195. The maximum Gasteiger partial charge on any atom is 0.309 e. The average Bonchev–Trinajstić information content (AvgIpc) is 2.87. The number of rotatable bonds is 5. The van der Waals surface area contributed by atoms with Crippen molar-refractivity contribution in [2.45, 2.75) is 52.2 Å². The van der Waals surface area contributed by atoms with E-state index in [-0.39, 0.29) is 18.1 Å². The van der Waals surface area contributed by atoms with Crippen molar-refractivity contribution < 1.29 is 19.4 Å². The van der Waals surface area contributed by atoms with Crippen LogP contribution >= 0.6 is 0 Å². The first kappa shape index (κ1) is 16.9. The minimum atomic E-state index is -0.663. The Kier molecular flexibility index (Phi) is 6.42. The second kappa shape index (κ2) is 7.59. The Morgan fingerprint density at radius 2 is 1.95 bits per heavy atom. The molecule has 1 heterocycles. The molecule has 20 heavy (non-hydrogen) atoms. The van der Waals surface area contributed by atoms with Gasteiger partial charge in [-0.05, 0) is 24.7 Å². The van der Waals surface area contributed by atoms with Gasteiger partial charge < -0.3 is 20.5 Å². The number of amides is 2. The van der Waals surface area contributed by atoms with Crippen LogP contribution in [0.25, 0.3) is 0 Å². The second-order valence-corrected chi connectivity index (χ2v) is 6.27. The molecule has 2 atom stereocenters. The van der Waals surface area contributed by atoms with Gasteiger partial charge in [0.1, 0.15) is 0 Å². The lowest BCUT2D eigenvalue weighted by atomic mass is 9.87. The average molecular weight is 286 g/mol. The van der Waals surface area contributed by atoms with Crippen molar-refractivity contribution in [1.29, 1.82) is 0 Å². The monoisotopic (exact) mass is 286 g/mol. The number of hydrogen-bond donors (Lipinski definition) is 3. The summed E-state index contributed by atoms with van der Waals surface area (Å²) in [4.78, 5) is 23.1. The maximum atomic E-state index is 11.5. The van der Waals surface area contributed by atoms with Crippen LogP contribution < -0.4 is 10.6 Å². The Balaban J connectivity index is 2.16. The quantitative estimate of drug-likeness (QED) is 0.630. The highest BCUT2D eigenvalue weighted by Gasteiger charge is 2.23. The van der Waals surface area contributed by atoms with Crippen molar-refractivity contribution in [3.63, 3.8) is 0 Å². The van der Waals surface area contributed by atoms with Crippen molar-refractivity contribution in [1.82, 2.24) is 10.6 Å². The number of carbonyl (C=O) groups is 2. The number of nitrogens with one attached hydrogen (secondary N) is 2. The fraction of sp³-hybridized carbons (Fsp3) is 0.857. The Hall–Kier alpha value is -1.14. The van der Waals surface area contributed by atoms with E-state index in [1.807, 2.05) is 20.8 Å². The Morgan fingerprint density at radius 1 is 1.30 bits per heavy atom. The van der Waals surface area contributed by atoms with E-state index in [1.54, 1.807) is 0 Å². The van der Waals surface area contributed by atoms with Crippen LogP contribution in [0.5, 0.6) is 0 Å². The first-order chi connectivity index (χ1) is 9.30. The normalized spacial score (nSPS) is 20.5. The molecule has 3 N–H and O–H groups in total. The molecule has 0 spiro atoms. The summed E-state index contributed by atoms with van der Waals surface area (Å²) in [6, 6.07) is 0. The van der Waals surface area contributed by atoms with Crippen molar-refractivity contribution in [2.24, 2.45) is 5.41 Å². The zero-order valence-electron chi connectivity index (χ0n) is 12.6. The van der Waals surface area contributed by atoms with Gasteiger partial charge >= 0.3 is 11.8 Å². The molecule has 2 amide bonds. The van der Waals surface area contributed by atoms with Crippen LogP contribution in [0.4, 0.5) is 0 Å².